The van der Waals surface area contributed by atoms with Gasteiger partial charge in [-0.2, -0.15) is 0 Å². The Balaban J connectivity index is 1.52. The minimum Gasteiger partial charge on any atom is -0.486 e. The van der Waals surface area contributed by atoms with Crippen molar-refractivity contribution in [3.63, 3.8) is 0 Å². The first-order valence-corrected chi connectivity index (χ1v) is 8.25. The van der Waals surface area contributed by atoms with E-state index in [2.05, 4.69) is 0 Å². The van der Waals surface area contributed by atoms with Gasteiger partial charge in [-0.1, -0.05) is 11.6 Å². The molecular formula is C17H18ClNO3. The molecule has 1 saturated carbocycles. The van der Waals surface area contributed by atoms with Gasteiger partial charge in [0.05, 0.1) is 12.0 Å². The minimum absolute atomic E-state index is 0.111. The Hall–Kier alpha value is -1.55. The first-order valence-electron chi connectivity index (χ1n) is 7.87. The third-order valence-corrected chi connectivity index (χ3v) is 5.20. The molecule has 4 nitrogen and oxygen atoms in total. The number of fused-ring (bicyclic) bond motifs is 1. The summed E-state index contributed by atoms with van der Waals surface area (Å²) in [5.74, 6) is 1.23. The summed E-state index contributed by atoms with van der Waals surface area (Å²) in [5, 5.41) is 0.574. The van der Waals surface area contributed by atoms with Crippen molar-refractivity contribution >= 4 is 23.3 Å². The van der Waals surface area contributed by atoms with E-state index < -0.39 is 5.60 Å². The standard InChI is InChI=1S/C17H18ClNO3/c18-12-3-4-13-14(20)10-17(22-15(13)9-12)5-7-19(8-6-17)16(21)11-1-2-11/h3-4,9,11H,1-2,5-8,10H2. The number of nitrogens with zero attached hydrogens (tertiary/aromatic N) is 1. The number of hydrogen-bond acceptors (Lipinski definition) is 3. The lowest BCUT2D eigenvalue weighted by molar-refractivity contribution is -0.136. The fourth-order valence-electron chi connectivity index (χ4n) is 3.47. The van der Waals surface area contributed by atoms with Crippen molar-refractivity contribution in [2.75, 3.05) is 13.1 Å². The van der Waals surface area contributed by atoms with Crippen LogP contribution in [0.4, 0.5) is 0 Å². The molecule has 22 heavy (non-hydrogen) atoms. The summed E-state index contributed by atoms with van der Waals surface area (Å²) < 4.78 is 6.17. The molecule has 0 atom stereocenters. The predicted molar refractivity (Wildman–Crippen MR) is 82.3 cm³/mol. The van der Waals surface area contributed by atoms with E-state index in [4.69, 9.17) is 16.3 Å². The van der Waals surface area contributed by atoms with Crippen LogP contribution in [0, 0.1) is 5.92 Å². The van der Waals surface area contributed by atoms with Crippen LogP contribution in [0.25, 0.3) is 0 Å². The highest BCUT2D eigenvalue weighted by Crippen LogP contribution is 2.41. The molecule has 1 aromatic carbocycles. The van der Waals surface area contributed by atoms with E-state index in [9.17, 15) is 9.59 Å². The average molecular weight is 320 g/mol. The van der Waals surface area contributed by atoms with Crippen LogP contribution in [0.2, 0.25) is 5.02 Å². The smallest absolute Gasteiger partial charge is 0.225 e. The topological polar surface area (TPSA) is 46.6 Å². The molecule has 1 amide bonds. The molecule has 4 rings (SSSR count). The highest BCUT2D eigenvalue weighted by molar-refractivity contribution is 6.30. The van der Waals surface area contributed by atoms with Gasteiger partial charge >= 0.3 is 0 Å². The molecule has 1 spiro atoms. The quantitative estimate of drug-likeness (QED) is 0.799. The molecule has 5 heteroatoms. The zero-order valence-electron chi connectivity index (χ0n) is 12.3. The maximum atomic E-state index is 12.4. The van der Waals surface area contributed by atoms with Crippen LogP contribution in [0.3, 0.4) is 0 Å². The average Bonchev–Trinajstić information content (AvgIpc) is 3.31. The molecule has 1 saturated heterocycles. The van der Waals surface area contributed by atoms with Crippen molar-refractivity contribution in [3.8, 4) is 5.75 Å². The lowest BCUT2D eigenvalue weighted by Gasteiger charge is -2.44. The molecule has 1 aromatic rings. The highest BCUT2D eigenvalue weighted by Gasteiger charge is 2.45. The Bertz CT molecular complexity index is 645. The van der Waals surface area contributed by atoms with E-state index in [0.717, 1.165) is 12.8 Å². The van der Waals surface area contributed by atoms with Crippen LogP contribution in [-0.2, 0) is 4.79 Å². The Labute approximate surface area is 134 Å². The fourth-order valence-corrected chi connectivity index (χ4v) is 3.63. The monoisotopic (exact) mass is 319 g/mol. The van der Waals surface area contributed by atoms with Crippen LogP contribution in [0.15, 0.2) is 18.2 Å². The number of carbonyl (C=O) groups is 2. The van der Waals surface area contributed by atoms with Gasteiger partial charge in [-0.15, -0.1) is 0 Å². The third-order valence-electron chi connectivity index (χ3n) is 4.97. The van der Waals surface area contributed by atoms with Crippen LogP contribution in [0.5, 0.6) is 5.75 Å². The van der Waals surface area contributed by atoms with Gasteiger partial charge in [-0.3, -0.25) is 9.59 Å². The van der Waals surface area contributed by atoms with Crippen LogP contribution >= 0.6 is 11.6 Å². The first kappa shape index (κ1) is 14.1. The van der Waals surface area contributed by atoms with E-state index in [-0.39, 0.29) is 17.6 Å². The molecular weight excluding hydrogens is 302 g/mol. The molecule has 1 aliphatic carbocycles. The van der Waals surface area contributed by atoms with Gasteiger partial charge in [0, 0.05) is 36.9 Å². The van der Waals surface area contributed by atoms with Crippen molar-refractivity contribution in [2.24, 2.45) is 5.92 Å². The van der Waals surface area contributed by atoms with Gasteiger partial charge < -0.3 is 9.64 Å². The van der Waals surface area contributed by atoms with Crippen LogP contribution < -0.4 is 4.74 Å². The maximum absolute atomic E-state index is 12.4. The maximum Gasteiger partial charge on any atom is 0.225 e. The van der Waals surface area contributed by atoms with Gasteiger partial charge in [0.25, 0.3) is 0 Å². The normalized spacial score (nSPS) is 23.1. The number of hydrogen-bond donors (Lipinski definition) is 0. The predicted octanol–water partition coefficient (Wildman–Crippen LogP) is 3.08. The van der Waals surface area contributed by atoms with Crippen LogP contribution in [-0.4, -0.2) is 35.3 Å². The number of rotatable bonds is 1. The summed E-state index contributed by atoms with van der Waals surface area (Å²) in [7, 11) is 0. The second-order valence-electron chi connectivity index (χ2n) is 6.63. The number of piperidine rings is 1. The molecule has 0 N–H and O–H groups in total. The zero-order valence-corrected chi connectivity index (χ0v) is 13.1. The van der Waals surface area contributed by atoms with Gasteiger partial charge in [-0.25, -0.2) is 0 Å². The number of Topliss-reactive ketones (excluding diaryl/α,β-unsaturated/α-hetero) is 1. The molecule has 0 aromatic heterocycles. The molecule has 0 unspecified atom stereocenters. The Kier molecular flexibility index (Phi) is 3.19. The summed E-state index contributed by atoms with van der Waals surface area (Å²) in [5.41, 5.74) is 0.154. The molecule has 2 heterocycles. The summed E-state index contributed by atoms with van der Waals surface area (Å²) in [4.78, 5) is 26.5. The van der Waals surface area contributed by atoms with Crippen molar-refractivity contribution < 1.29 is 14.3 Å². The van der Waals surface area contributed by atoms with E-state index >= 15 is 0 Å². The Morgan fingerprint density at radius 2 is 2.00 bits per heavy atom. The second-order valence-corrected chi connectivity index (χ2v) is 7.06. The van der Waals surface area contributed by atoms with Gasteiger partial charge in [-0.05, 0) is 31.0 Å². The van der Waals surface area contributed by atoms with Gasteiger partial charge in [0.1, 0.15) is 11.4 Å². The molecule has 2 aliphatic heterocycles. The highest BCUT2D eigenvalue weighted by atomic mass is 35.5. The molecule has 3 aliphatic rings. The van der Waals surface area contributed by atoms with Crippen molar-refractivity contribution in [3.05, 3.63) is 28.8 Å². The number of ether oxygens (including phenoxy) is 1. The number of likely N-dealkylation sites (tertiary alicyclic amines) is 1. The molecule has 116 valence electrons. The Morgan fingerprint density at radius 1 is 1.27 bits per heavy atom. The minimum atomic E-state index is -0.463. The van der Waals surface area contributed by atoms with E-state index in [1.165, 1.54) is 0 Å². The summed E-state index contributed by atoms with van der Waals surface area (Å²) in [6.45, 7) is 1.36. The summed E-state index contributed by atoms with van der Waals surface area (Å²) in [6.07, 6.45) is 3.88. The first-order chi connectivity index (χ1) is 10.6. The second kappa shape index (κ2) is 4.98. The van der Waals surface area contributed by atoms with Crippen molar-refractivity contribution in [1.29, 1.82) is 0 Å². The van der Waals surface area contributed by atoms with Crippen LogP contribution in [0.1, 0.15) is 42.5 Å². The molecule has 0 radical (unpaired) electrons. The van der Waals surface area contributed by atoms with E-state index in [1.807, 2.05) is 4.90 Å². The zero-order chi connectivity index (χ0) is 15.3. The number of amides is 1. The summed E-state index contributed by atoms with van der Waals surface area (Å²) >= 11 is 6.01. The van der Waals surface area contributed by atoms with Gasteiger partial charge in [0.15, 0.2) is 5.78 Å². The summed E-state index contributed by atoms with van der Waals surface area (Å²) in [6, 6.07) is 5.17. The lowest BCUT2D eigenvalue weighted by atomic mass is 9.82. The van der Waals surface area contributed by atoms with Crippen molar-refractivity contribution in [2.45, 2.75) is 37.7 Å². The fraction of sp³-hybridized carbons (Fsp3) is 0.529. The largest absolute Gasteiger partial charge is 0.486 e. The number of benzene rings is 1. The third kappa shape index (κ3) is 2.39. The van der Waals surface area contributed by atoms with Crippen molar-refractivity contribution in [1.82, 2.24) is 4.90 Å². The number of carbonyl (C=O) groups excluding carboxylic acids is 2. The van der Waals surface area contributed by atoms with E-state index in [1.54, 1.807) is 18.2 Å². The number of ketones is 1. The SMILES string of the molecule is O=C1CC2(CCN(C(=O)C3CC3)CC2)Oc2cc(Cl)ccc21. The Morgan fingerprint density at radius 3 is 2.68 bits per heavy atom. The molecule has 0 bridgehead atoms. The lowest BCUT2D eigenvalue weighted by Crippen LogP contribution is -2.52. The molecule has 2 fully saturated rings. The van der Waals surface area contributed by atoms with Gasteiger partial charge in [0.2, 0.25) is 5.91 Å². The van der Waals surface area contributed by atoms with E-state index in [0.29, 0.717) is 48.7 Å². The number of halogens is 1.